The lowest BCUT2D eigenvalue weighted by Gasteiger charge is -2.72. The molecule has 3 aliphatic rings. The normalized spacial score (nSPS) is 25.6. The van der Waals surface area contributed by atoms with Gasteiger partial charge in [0.05, 0.1) is 5.02 Å². The molecule has 0 spiro atoms. The number of aliphatic hydroxyl groups excluding tert-OH is 2. The summed E-state index contributed by atoms with van der Waals surface area (Å²) in [6.45, 7) is -2.54. The van der Waals surface area contributed by atoms with E-state index in [-0.39, 0.29) is 34.1 Å². The van der Waals surface area contributed by atoms with Gasteiger partial charge >= 0.3 is 6.61 Å². The number of aliphatic hydroxyl groups is 2. The van der Waals surface area contributed by atoms with Crippen molar-refractivity contribution in [3.8, 4) is 11.5 Å². The highest BCUT2D eigenvalue weighted by molar-refractivity contribution is 6.30. The van der Waals surface area contributed by atoms with Crippen LogP contribution in [0.4, 0.5) is 13.2 Å². The first kappa shape index (κ1) is 23.1. The van der Waals surface area contributed by atoms with Gasteiger partial charge in [-0.15, -0.1) is 0 Å². The average Bonchev–Trinajstić information content (AvgIpc) is 2.69. The minimum Gasteiger partial charge on any atom is -0.489 e. The highest BCUT2D eigenvalue weighted by atomic mass is 35.5. The van der Waals surface area contributed by atoms with E-state index in [1.165, 1.54) is 24.3 Å². The summed E-state index contributed by atoms with van der Waals surface area (Å²) in [5.74, 6) is -0.234. The quantitative estimate of drug-likeness (QED) is 0.375. The van der Waals surface area contributed by atoms with E-state index in [4.69, 9.17) is 16.3 Å². The molecule has 0 amide bonds. The van der Waals surface area contributed by atoms with Crippen LogP contribution < -0.4 is 20.1 Å². The molecule has 0 aromatic heterocycles. The fraction of sp³-hybridized carbons (Fsp3) is 0.455. The molecular weight excluding hydrogens is 449 g/mol. The summed E-state index contributed by atoms with van der Waals surface area (Å²) in [4.78, 5) is 0. The van der Waals surface area contributed by atoms with Crippen molar-refractivity contribution in [3.63, 3.8) is 0 Å². The van der Waals surface area contributed by atoms with Crippen LogP contribution >= 0.6 is 11.6 Å². The van der Waals surface area contributed by atoms with Crippen LogP contribution in [0.25, 0.3) is 0 Å². The lowest BCUT2D eigenvalue weighted by Crippen LogP contribution is -2.79. The molecular formula is C22H24ClF3N2O4. The molecule has 32 heavy (non-hydrogen) atoms. The van der Waals surface area contributed by atoms with Gasteiger partial charge in [0, 0.05) is 23.6 Å². The van der Waals surface area contributed by atoms with Gasteiger partial charge in [-0.05, 0) is 49.1 Å². The van der Waals surface area contributed by atoms with Gasteiger partial charge in [-0.2, -0.15) is 8.78 Å². The maximum atomic E-state index is 13.4. The molecule has 0 radical (unpaired) electrons. The van der Waals surface area contributed by atoms with Crippen LogP contribution in [0.1, 0.15) is 24.8 Å². The molecule has 2 aromatic rings. The third-order valence-corrected chi connectivity index (χ3v) is 6.38. The zero-order valence-electron chi connectivity index (χ0n) is 17.0. The second-order valence-electron chi connectivity index (χ2n) is 8.53. The van der Waals surface area contributed by atoms with Crippen LogP contribution in [-0.4, -0.2) is 41.4 Å². The first-order valence-electron chi connectivity index (χ1n) is 10.2. The summed E-state index contributed by atoms with van der Waals surface area (Å²) in [5, 5.41) is 27.0. The van der Waals surface area contributed by atoms with Gasteiger partial charge in [-0.3, -0.25) is 10.6 Å². The minimum absolute atomic E-state index is 0.000116. The molecule has 0 aliphatic heterocycles. The van der Waals surface area contributed by atoms with Crippen molar-refractivity contribution in [1.82, 2.24) is 10.6 Å². The molecule has 2 aromatic carbocycles. The molecule has 174 valence electrons. The van der Waals surface area contributed by atoms with Gasteiger partial charge < -0.3 is 19.7 Å². The Kier molecular flexibility index (Phi) is 6.56. The predicted molar refractivity (Wildman–Crippen MR) is 111 cm³/mol. The van der Waals surface area contributed by atoms with Gasteiger partial charge in [0.25, 0.3) is 0 Å². The summed E-state index contributed by atoms with van der Waals surface area (Å²) in [6.07, 6.45) is 0.422. The molecule has 4 N–H and O–H groups in total. The standard InChI is InChI=1S/C22H24ClF3N2O4/c23-16-6-5-15(7-17(16)24)31-9-18(29)28-22-10-21(11-22,12-22)19(30)27-8-13-1-3-14(4-2-13)32-20(25)26/h1-7,18-20,27-30H,8-12H2. The van der Waals surface area contributed by atoms with E-state index in [0.29, 0.717) is 25.8 Å². The molecule has 2 atom stereocenters. The average molecular weight is 473 g/mol. The second-order valence-corrected chi connectivity index (χ2v) is 8.93. The van der Waals surface area contributed by atoms with Gasteiger partial charge in [0.2, 0.25) is 0 Å². The Balaban J connectivity index is 1.18. The Labute approximate surface area is 188 Å². The van der Waals surface area contributed by atoms with Crippen molar-refractivity contribution < 1.29 is 32.9 Å². The maximum Gasteiger partial charge on any atom is 0.387 e. The van der Waals surface area contributed by atoms with Gasteiger partial charge in [0.1, 0.15) is 36.4 Å². The predicted octanol–water partition coefficient (Wildman–Crippen LogP) is 3.40. The number of ether oxygens (including phenoxy) is 2. The van der Waals surface area contributed by atoms with Crippen LogP contribution in [0.15, 0.2) is 42.5 Å². The Bertz CT molecular complexity index is 927. The number of hydrogen-bond donors (Lipinski definition) is 4. The summed E-state index contributed by atoms with van der Waals surface area (Å²) < 4.78 is 47.6. The second kappa shape index (κ2) is 9.07. The zero-order valence-corrected chi connectivity index (χ0v) is 17.8. The Morgan fingerprint density at radius 3 is 2.31 bits per heavy atom. The Morgan fingerprint density at radius 1 is 1.03 bits per heavy atom. The lowest BCUT2D eigenvalue weighted by atomic mass is 9.38. The van der Waals surface area contributed by atoms with E-state index in [9.17, 15) is 23.4 Å². The number of hydrogen-bond acceptors (Lipinski definition) is 6. The van der Waals surface area contributed by atoms with Crippen molar-refractivity contribution in [2.45, 2.75) is 50.4 Å². The Morgan fingerprint density at radius 2 is 1.69 bits per heavy atom. The first-order chi connectivity index (χ1) is 15.2. The van der Waals surface area contributed by atoms with Crippen molar-refractivity contribution >= 4 is 11.6 Å². The topological polar surface area (TPSA) is 83.0 Å². The molecule has 3 aliphatic carbocycles. The third kappa shape index (κ3) is 4.97. The van der Waals surface area contributed by atoms with Crippen LogP contribution in [-0.2, 0) is 6.54 Å². The van der Waals surface area contributed by atoms with Crippen molar-refractivity contribution in [3.05, 3.63) is 58.9 Å². The summed E-state index contributed by atoms with van der Waals surface area (Å²) in [6, 6.07) is 10.3. The fourth-order valence-corrected chi connectivity index (χ4v) is 4.78. The van der Waals surface area contributed by atoms with E-state index in [2.05, 4.69) is 15.4 Å². The van der Waals surface area contributed by atoms with E-state index >= 15 is 0 Å². The molecule has 0 saturated heterocycles. The summed E-state index contributed by atoms with van der Waals surface area (Å²) in [5.41, 5.74) is 0.326. The van der Waals surface area contributed by atoms with Crippen molar-refractivity contribution in [2.75, 3.05) is 6.61 Å². The number of nitrogens with one attached hydrogen (secondary N) is 2. The van der Waals surface area contributed by atoms with Gasteiger partial charge in [-0.1, -0.05) is 23.7 Å². The molecule has 6 nitrogen and oxygen atoms in total. The van der Waals surface area contributed by atoms with E-state index in [0.717, 1.165) is 11.6 Å². The molecule has 0 heterocycles. The molecule has 3 fully saturated rings. The summed E-state index contributed by atoms with van der Waals surface area (Å²) >= 11 is 5.63. The highest BCUT2D eigenvalue weighted by Crippen LogP contribution is 2.68. The number of alkyl halides is 2. The van der Waals surface area contributed by atoms with Crippen molar-refractivity contribution in [1.29, 1.82) is 0 Å². The maximum absolute atomic E-state index is 13.4. The molecule has 2 unspecified atom stereocenters. The molecule has 5 rings (SSSR count). The van der Waals surface area contributed by atoms with Gasteiger partial charge in [-0.25, -0.2) is 4.39 Å². The molecule has 10 heteroatoms. The number of halogens is 4. The third-order valence-electron chi connectivity index (χ3n) is 6.07. The largest absolute Gasteiger partial charge is 0.489 e. The van der Waals surface area contributed by atoms with Crippen LogP contribution in [0, 0.1) is 11.2 Å². The smallest absolute Gasteiger partial charge is 0.387 e. The first-order valence-corrected chi connectivity index (χ1v) is 10.6. The SMILES string of the molecule is OC(COc1ccc(Cl)c(F)c1)NC12CC(C(O)NCc3ccc(OC(F)F)cc3)(C1)C2. The van der Waals surface area contributed by atoms with Crippen molar-refractivity contribution in [2.24, 2.45) is 5.41 Å². The molecule has 3 saturated carbocycles. The van der Waals surface area contributed by atoms with E-state index in [1.54, 1.807) is 12.1 Å². The van der Waals surface area contributed by atoms with E-state index in [1.807, 2.05) is 0 Å². The van der Waals surface area contributed by atoms with Crippen LogP contribution in [0.2, 0.25) is 5.02 Å². The van der Waals surface area contributed by atoms with Crippen LogP contribution in [0.3, 0.4) is 0 Å². The summed E-state index contributed by atoms with van der Waals surface area (Å²) in [7, 11) is 0. The van der Waals surface area contributed by atoms with Crippen LogP contribution in [0.5, 0.6) is 11.5 Å². The molecule has 2 bridgehead atoms. The zero-order chi connectivity index (χ0) is 22.9. The monoisotopic (exact) mass is 472 g/mol. The minimum atomic E-state index is -2.86. The fourth-order valence-electron chi connectivity index (χ4n) is 4.67. The Hall–Kier alpha value is -2.04. The highest BCUT2D eigenvalue weighted by Gasteiger charge is 2.70. The number of rotatable bonds is 11. The lowest BCUT2D eigenvalue weighted by molar-refractivity contribution is -0.235. The number of benzene rings is 2. The van der Waals surface area contributed by atoms with E-state index < -0.39 is 24.9 Å². The van der Waals surface area contributed by atoms with Gasteiger partial charge in [0.15, 0.2) is 0 Å².